The number of rotatable bonds is 9. The molecule has 0 saturated carbocycles. The number of benzene rings is 1. The number of carbonyl (C=O) groups excluding carboxylic acids is 1. The second kappa shape index (κ2) is 10.5. The number of sulfonamides is 1. The third-order valence-corrected chi connectivity index (χ3v) is 8.42. The van der Waals surface area contributed by atoms with E-state index in [1.54, 1.807) is 18.2 Å². The number of aromatic nitrogens is 1. The third-order valence-electron chi connectivity index (χ3n) is 6.71. The summed E-state index contributed by atoms with van der Waals surface area (Å²) in [4.78, 5) is 17.2. The maximum Gasteiger partial charge on any atom is 0.339 e. The van der Waals surface area contributed by atoms with E-state index in [9.17, 15) is 18.3 Å². The van der Waals surface area contributed by atoms with Crippen molar-refractivity contribution < 1.29 is 23.1 Å². The van der Waals surface area contributed by atoms with Crippen molar-refractivity contribution in [1.82, 2.24) is 4.98 Å². The standard InChI is InChI=1S/C28H35N3O5S/c1-7-14-28(15-8-2)25(32)23(26(33)36-28)24(27(3,4)5)20-10-9-11-21(16-20)31(6)37(34,35)22-13-12-19(17-29)18-30-22/h9-13,16,18,24,32H,7-8,14-15H2,1-6H3. The first-order valence-electron chi connectivity index (χ1n) is 12.4. The Bertz CT molecular complexity index is 1330. The number of anilines is 1. The molecule has 2 heterocycles. The summed E-state index contributed by atoms with van der Waals surface area (Å²) in [5.41, 5.74) is 0.0149. The largest absolute Gasteiger partial charge is 0.507 e. The first kappa shape index (κ1) is 28.2. The summed E-state index contributed by atoms with van der Waals surface area (Å²) in [5.74, 6) is -1.10. The lowest BCUT2D eigenvalue weighted by Crippen LogP contribution is -2.32. The molecule has 1 unspecified atom stereocenters. The Hall–Kier alpha value is -3.38. The fourth-order valence-corrected chi connectivity index (χ4v) is 6.12. The number of esters is 1. The molecule has 0 radical (unpaired) electrons. The lowest BCUT2D eigenvalue weighted by molar-refractivity contribution is -0.150. The second-order valence-electron chi connectivity index (χ2n) is 10.5. The van der Waals surface area contributed by atoms with Crippen LogP contribution in [0.15, 0.2) is 59.0 Å². The van der Waals surface area contributed by atoms with E-state index in [4.69, 9.17) is 10.00 Å². The molecule has 0 amide bonds. The molecule has 3 rings (SSSR count). The zero-order valence-corrected chi connectivity index (χ0v) is 23.1. The number of cyclic esters (lactones) is 1. The Morgan fingerprint density at radius 2 is 1.81 bits per heavy atom. The summed E-state index contributed by atoms with van der Waals surface area (Å²) in [6.07, 6.45) is 3.75. The van der Waals surface area contributed by atoms with E-state index < -0.39 is 32.9 Å². The van der Waals surface area contributed by atoms with Crippen molar-refractivity contribution in [2.24, 2.45) is 5.41 Å². The summed E-state index contributed by atoms with van der Waals surface area (Å²) in [5, 5.41) is 20.2. The molecule has 0 fully saturated rings. The Balaban J connectivity index is 2.10. The van der Waals surface area contributed by atoms with Gasteiger partial charge in [-0.15, -0.1) is 0 Å². The predicted molar refractivity (Wildman–Crippen MR) is 141 cm³/mol. The smallest absolute Gasteiger partial charge is 0.339 e. The third kappa shape index (κ3) is 5.35. The van der Waals surface area contributed by atoms with Crippen LogP contribution in [0.1, 0.15) is 77.3 Å². The molecule has 9 heteroatoms. The number of hydrogen-bond donors (Lipinski definition) is 1. The fourth-order valence-electron chi connectivity index (χ4n) is 5.03. The molecule has 0 aliphatic carbocycles. The lowest BCUT2D eigenvalue weighted by Gasteiger charge is -2.32. The number of aliphatic hydroxyl groups excluding tert-OH is 1. The van der Waals surface area contributed by atoms with Crippen molar-refractivity contribution in [1.29, 1.82) is 5.26 Å². The average molecular weight is 526 g/mol. The first-order valence-corrected chi connectivity index (χ1v) is 13.9. The molecule has 1 atom stereocenters. The van der Waals surface area contributed by atoms with Gasteiger partial charge in [0.05, 0.1) is 16.8 Å². The molecular formula is C28H35N3O5S. The van der Waals surface area contributed by atoms with Crippen molar-refractivity contribution in [3.05, 3.63) is 65.1 Å². The van der Waals surface area contributed by atoms with Crippen LogP contribution in [-0.2, 0) is 19.6 Å². The molecule has 0 saturated heterocycles. The number of nitriles is 1. The maximum absolute atomic E-state index is 13.3. The van der Waals surface area contributed by atoms with E-state index in [0.717, 1.165) is 17.1 Å². The van der Waals surface area contributed by atoms with E-state index in [2.05, 4.69) is 4.98 Å². The number of carbonyl (C=O) groups is 1. The highest BCUT2D eigenvalue weighted by Crippen LogP contribution is 2.49. The molecule has 198 valence electrons. The summed E-state index contributed by atoms with van der Waals surface area (Å²) >= 11 is 0. The molecule has 1 aromatic heterocycles. The van der Waals surface area contributed by atoms with Gasteiger partial charge in [0.1, 0.15) is 11.8 Å². The lowest BCUT2D eigenvalue weighted by atomic mass is 9.71. The highest BCUT2D eigenvalue weighted by atomic mass is 32.2. The Morgan fingerprint density at radius 3 is 2.32 bits per heavy atom. The summed E-state index contributed by atoms with van der Waals surface area (Å²) in [7, 11) is -2.58. The second-order valence-corrected chi connectivity index (χ2v) is 12.4. The van der Waals surface area contributed by atoms with Gasteiger partial charge < -0.3 is 9.84 Å². The minimum atomic E-state index is -4.01. The Kier molecular flexibility index (Phi) is 8.03. The van der Waals surface area contributed by atoms with Crippen LogP contribution in [0.25, 0.3) is 0 Å². The van der Waals surface area contributed by atoms with Crippen LogP contribution in [0.5, 0.6) is 0 Å². The highest BCUT2D eigenvalue weighted by molar-refractivity contribution is 7.92. The van der Waals surface area contributed by atoms with Gasteiger partial charge in [0.15, 0.2) is 10.6 Å². The molecule has 8 nitrogen and oxygen atoms in total. The van der Waals surface area contributed by atoms with Gasteiger partial charge in [-0.1, -0.05) is 59.6 Å². The molecular weight excluding hydrogens is 490 g/mol. The quantitative estimate of drug-likeness (QED) is 0.422. The summed E-state index contributed by atoms with van der Waals surface area (Å²) in [6.45, 7) is 9.89. The van der Waals surface area contributed by atoms with Gasteiger partial charge in [0, 0.05) is 19.2 Å². The minimum absolute atomic E-state index is 0.0192. The minimum Gasteiger partial charge on any atom is -0.507 e. The Labute approximate surface area is 219 Å². The zero-order chi connectivity index (χ0) is 27.6. The number of pyridine rings is 1. The van der Waals surface area contributed by atoms with Gasteiger partial charge in [-0.05, 0) is 48.1 Å². The summed E-state index contributed by atoms with van der Waals surface area (Å²) in [6, 6.07) is 11.5. The molecule has 1 aliphatic heterocycles. The predicted octanol–water partition coefficient (Wildman–Crippen LogP) is 5.62. The summed E-state index contributed by atoms with van der Waals surface area (Å²) < 4.78 is 33.5. The number of nitrogens with zero attached hydrogens (tertiary/aromatic N) is 3. The molecule has 1 aromatic carbocycles. The van der Waals surface area contributed by atoms with Crippen LogP contribution < -0.4 is 4.31 Å². The van der Waals surface area contributed by atoms with Gasteiger partial charge in [0.2, 0.25) is 0 Å². The van der Waals surface area contributed by atoms with Crippen LogP contribution in [0.2, 0.25) is 0 Å². The number of hydrogen-bond acceptors (Lipinski definition) is 7. The zero-order valence-electron chi connectivity index (χ0n) is 22.3. The monoisotopic (exact) mass is 525 g/mol. The van der Waals surface area contributed by atoms with Crippen LogP contribution in [0, 0.1) is 16.7 Å². The van der Waals surface area contributed by atoms with Crippen molar-refractivity contribution in [3.63, 3.8) is 0 Å². The van der Waals surface area contributed by atoms with Gasteiger partial charge in [-0.3, -0.25) is 4.31 Å². The highest BCUT2D eigenvalue weighted by Gasteiger charge is 2.51. The van der Waals surface area contributed by atoms with E-state index >= 15 is 0 Å². The van der Waals surface area contributed by atoms with E-state index in [-0.39, 0.29) is 21.9 Å². The van der Waals surface area contributed by atoms with Crippen LogP contribution >= 0.6 is 0 Å². The van der Waals surface area contributed by atoms with Crippen molar-refractivity contribution in [3.8, 4) is 6.07 Å². The molecule has 0 bridgehead atoms. The van der Waals surface area contributed by atoms with Gasteiger partial charge in [-0.2, -0.15) is 13.7 Å². The van der Waals surface area contributed by atoms with E-state index in [0.29, 0.717) is 24.1 Å². The topological polar surface area (TPSA) is 121 Å². The molecule has 37 heavy (non-hydrogen) atoms. The Morgan fingerprint density at radius 1 is 1.16 bits per heavy atom. The molecule has 1 N–H and O–H groups in total. The molecule has 1 aliphatic rings. The maximum atomic E-state index is 13.3. The SMILES string of the molecule is CCCC1(CCC)OC(=O)C(C(c2cccc(N(C)S(=O)(=O)c3ccc(C#N)cn3)c2)C(C)(C)C)=C1O. The van der Waals surface area contributed by atoms with E-state index in [1.807, 2.05) is 46.8 Å². The van der Waals surface area contributed by atoms with Crippen molar-refractivity contribution in [2.75, 3.05) is 11.4 Å². The average Bonchev–Trinajstić information content (AvgIpc) is 3.08. The van der Waals surface area contributed by atoms with Crippen molar-refractivity contribution >= 4 is 21.7 Å². The van der Waals surface area contributed by atoms with Crippen molar-refractivity contribution in [2.45, 2.75) is 76.8 Å². The van der Waals surface area contributed by atoms with Crippen LogP contribution in [-0.4, -0.2) is 37.1 Å². The first-order chi connectivity index (χ1) is 17.3. The van der Waals surface area contributed by atoms with Gasteiger partial charge in [-0.25, -0.2) is 9.78 Å². The van der Waals surface area contributed by atoms with E-state index in [1.165, 1.54) is 25.4 Å². The normalized spacial score (nSPS) is 16.3. The van der Waals surface area contributed by atoms with Gasteiger partial charge in [0.25, 0.3) is 10.0 Å². The number of ether oxygens (including phenoxy) is 1. The van der Waals surface area contributed by atoms with Crippen LogP contribution in [0.4, 0.5) is 5.69 Å². The molecule has 2 aromatic rings. The van der Waals surface area contributed by atoms with Gasteiger partial charge >= 0.3 is 5.97 Å². The van der Waals surface area contributed by atoms with Crippen LogP contribution in [0.3, 0.4) is 0 Å². The number of aliphatic hydroxyl groups is 1. The molecule has 0 spiro atoms. The fraction of sp³-hybridized carbons (Fsp3) is 0.464.